The predicted octanol–water partition coefficient (Wildman–Crippen LogP) is 2.75. The summed E-state index contributed by atoms with van der Waals surface area (Å²) in [5.41, 5.74) is 0. The molecule has 0 aromatic heterocycles. The molecule has 0 saturated carbocycles. The molecule has 2 amide bonds. The molecule has 0 spiro atoms. The first-order valence-corrected chi connectivity index (χ1v) is 10.9. The Hall–Kier alpha value is -1.10. The highest BCUT2D eigenvalue weighted by Gasteiger charge is 2.32. The fraction of sp³-hybridized carbons (Fsp3) is 0.905. The van der Waals surface area contributed by atoms with Gasteiger partial charge in [-0.3, -0.25) is 14.5 Å². The number of carbonyl (C=O) groups is 2. The second-order valence-corrected chi connectivity index (χ2v) is 8.70. The molecule has 0 radical (unpaired) electrons. The largest absolute Gasteiger partial charge is 0.342 e. The summed E-state index contributed by atoms with van der Waals surface area (Å²) in [5.74, 6) is 1.60. The quantitative estimate of drug-likeness (QED) is 0.771. The maximum absolute atomic E-state index is 12.8. The van der Waals surface area contributed by atoms with E-state index in [4.69, 9.17) is 0 Å². The van der Waals surface area contributed by atoms with E-state index in [-0.39, 0.29) is 5.92 Å². The first-order chi connectivity index (χ1) is 12.6. The Morgan fingerprint density at radius 1 is 0.885 bits per heavy atom. The molecular formula is C21H37N3O2. The van der Waals surface area contributed by atoms with Crippen LogP contribution in [0.25, 0.3) is 0 Å². The number of hydrogen-bond acceptors (Lipinski definition) is 3. The molecule has 148 valence electrons. The van der Waals surface area contributed by atoms with E-state index in [2.05, 4.69) is 28.5 Å². The zero-order valence-electron chi connectivity index (χ0n) is 16.8. The maximum Gasteiger partial charge on any atom is 0.236 e. The van der Waals surface area contributed by atoms with Crippen LogP contribution < -0.4 is 0 Å². The van der Waals surface area contributed by atoms with Gasteiger partial charge in [0, 0.05) is 31.6 Å². The van der Waals surface area contributed by atoms with E-state index in [0.29, 0.717) is 24.4 Å². The second-order valence-electron chi connectivity index (χ2n) is 8.70. The van der Waals surface area contributed by atoms with Crippen LogP contribution in [0.4, 0.5) is 0 Å². The average molecular weight is 364 g/mol. The predicted molar refractivity (Wildman–Crippen MR) is 104 cm³/mol. The van der Waals surface area contributed by atoms with Gasteiger partial charge in [-0.1, -0.05) is 13.8 Å². The Morgan fingerprint density at radius 3 is 2.23 bits per heavy atom. The van der Waals surface area contributed by atoms with Gasteiger partial charge in [0.25, 0.3) is 0 Å². The number of hydrogen-bond donors (Lipinski definition) is 0. The van der Waals surface area contributed by atoms with E-state index in [1.165, 1.54) is 6.42 Å². The maximum atomic E-state index is 12.8. The number of carbonyl (C=O) groups excluding carboxylic acids is 2. The van der Waals surface area contributed by atoms with Crippen molar-refractivity contribution in [2.75, 3.05) is 39.3 Å². The highest BCUT2D eigenvalue weighted by atomic mass is 16.2. The van der Waals surface area contributed by atoms with Crippen LogP contribution in [0.2, 0.25) is 0 Å². The van der Waals surface area contributed by atoms with Crippen molar-refractivity contribution in [1.29, 1.82) is 0 Å². The third-order valence-corrected chi connectivity index (χ3v) is 6.81. The lowest BCUT2D eigenvalue weighted by molar-refractivity contribution is -0.139. The lowest BCUT2D eigenvalue weighted by Crippen LogP contribution is -2.50. The van der Waals surface area contributed by atoms with Gasteiger partial charge in [-0.25, -0.2) is 0 Å². The first kappa shape index (κ1) is 19.7. The molecule has 3 fully saturated rings. The normalized spacial score (nSPS) is 26.9. The Morgan fingerprint density at radius 2 is 1.58 bits per heavy atom. The molecule has 0 aromatic rings. The molecule has 0 aliphatic carbocycles. The van der Waals surface area contributed by atoms with Crippen LogP contribution in [-0.4, -0.2) is 71.8 Å². The van der Waals surface area contributed by atoms with E-state index in [1.807, 2.05) is 0 Å². The molecule has 3 rings (SSSR count). The fourth-order valence-corrected chi connectivity index (χ4v) is 4.86. The molecule has 26 heavy (non-hydrogen) atoms. The number of amides is 2. The van der Waals surface area contributed by atoms with Crippen LogP contribution in [0.15, 0.2) is 0 Å². The van der Waals surface area contributed by atoms with E-state index in [0.717, 1.165) is 83.6 Å². The van der Waals surface area contributed by atoms with Crippen LogP contribution in [0.3, 0.4) is 0 Å². The van der Waals surface area contributed by atoms with Gasteiger partial charge in [0.05, 0.1) is 6.54 Å². The second kappa shape index (κ2) is 9.20. The number of nitrogens with zero attached hydrogens (tertiary/aromatic N) is 3. The summed E-state index contributed by atoms with van der Waals surface area (Å²) in [7, 11) is 0. The Bertz CT molecular complexity index is 480. The summed E-state index contributed by atoms with van der Waals surface area (Å²) >= 11 is 0. The third kappa shape index (κ3) is 4.79. The molecule has 3 aliphatic rings. The Kier molecular flexibility index (Phi) is 6.96. The fourth-order valence-electron chi connectivity index (χ4n) is 4.86. The van der Waals surface area contributed by atoms with Gasteiger partial charge in [-0.05, 0) is 70.4 Å². The van der Waals surface area contributed by atoms with Gasteiger partial charge in [-0.2, -0.15) is 0 Å². The van der Waals surface area contributed by atoms with Crippen LogP contribution in [0.5, 0.6) is 0 Å². The lowest BCUT2D eigenvalue weighted by atomic mass is 9.92. The van der Waals surface area contributed by atoms with Crippen molar-refractivity contribution in [3.63, 3.8) is 0 Å². The SMILES string of the molecule is CCC1CCCCN1C(=O)CN1CCC(C(=O)N2CCC(C)CC2)CC1. The van der Waals surface area contributed by atoms with Gasteiger partial charge in [0.2, 0.25) is 11.8 Å². The van der Waals surface area contributed by atoms with Crippen molar-refractivity contribution in [1.82, 2.24) is 14.7 Å². The molecule has 3 saturated heterocycles. The van der Waals surface area contributed by atoms with Crippen molar-refractivity contribution in [3.05, 3.63) is 0 Å². The van der Waals surface area contributed by atoms with Gasteiger partial charge in [0.1, 0.15) is 0 Å². The zero-order valence-corrected chi connectivity index (χ0v) is 16.8. The minimum atomic E-state index is 0.174. The summed E-state index contributed by atoms with van der Waals surface area (Å²) < 4.78 is 0. The van der Waals surface area contributed by atoms with Crippen LogP contribution in [-0.2, 0) is 9.59 Å². The number of likely N-dealkylation sites (tertiary alicyclic amines) is 3. The molecule has 1 unspecified atom stereocenters. The zero-order chi connectivity index (χ0) is 18.5. The molecule has 0 N–H and O–H groups in total. The molecule has 0 bridgehead atoms. The van der Waals surface area contributed by atoms with Gasteiger partial charge in [0.15, 0.2) is 0 Å². The van der Waals surface area contributed by atoms with Crippen LogP contribution in [0, 0.1) is 11.8 Å². The molecule has 5 nitrogen and oxygen atoms in total. The molecule has 3 heterocycles. The average Bonchev–Trinajstić information content (AvgIpc) is 2.68. The van der Waals surface area contributed by atoms with E-state index in [9.17, 15) is 9.59 Å². The topological polar surface area (TPSA) is 43.9 Å². The van der Waals surface area contributed by atoms with Crippen molar-refractivity contribution in [2.24, 2.45) is 11.8 Å². The highest BCUT2D eigenvalue weighted by molar-refractivity contribution is 5.80. The molecule has 1 atom stereocenters. The van der Waals surface area contributed by atoms with Gasteiger partial charge in [-0.15, -0.1) is 0 Å². The Labute approximate surface area is 159 Å². The number of rotatable bonds is 4. The van der Waals surface area contributed by atoms with Gasteiger partial charge >= 0.3 is 0 Å². The van der Waals surface area contributed by atoms with E-state index < -0.39 is 0 Å². The Balaban J connectivity index is 1.43. The summed E-state index contributed by atoms with van der Waals surface area (Å²) in [6.45, 7) is 9.59. The number of piperidine rings is 3. The van der Waals surface area contributed by atoms with Crippen molar-refractivity contribution in [3.8, 4) is 0 Å². The van der Waals surface area contributed by atoms with Crippen LogP contribution in [0.1, 0.15) is 65.2 Å². The van der Waals surface area contributed by atoms with E-state index in [1.54, 1.807) is 0 Å². The van der Waals surface area contributed by atoms with Crippen molar-refractivity contribution < 1.29 is 9.59 Å². The van der Waals surface area contributed by atoms with E-state index >= 15 is 0 Å². The summed E-state index contributed by atoms with van der Waals surface area (Å²) in [5, 5.41) is 0. The molecule has 5 heteroatoms. The van der Waals surface area contributed by atoms with Gasteiger partial charge < -0.3 is 9.80 Å². The smallest absolute Gasteiger partial charge is 0.236 e. The van der Waals surface area contributed by atoms with Crippen LogP contribution >= 0.6 is 0 Å². The molecule has 3 aliphatic heterocycles. The third-order valence-electron chi connectivity index (χ3n) is 6.81. The minimum Gasteiger partial charge on any atom is -0.342 e. The van der Waals surface area contributed by atoms with Crippen molar-refractivity contribution >= 4 is 11.8 Å². The first-order valence-electron chi connectivity index (χ1n) is 10.9. The summed E-state index contributed by atoms with van der Waals surface area (Å²) in [6, 6.07) is 0.442. The minimum absolute atomic E-state index is 0.174. The van der Waals surface area contributed by atoms with Crippen molar-refractivity contribution in [2.45, 2.75) is 71.3 Å². The molecular weight excluding hydrogens is 326 g/mol. The molecule has 0 aromatic carbocycles. The standard InChI is InChI=1S/C21H37N3O2/c1-3-19-6-4-5-11-24(19)20(25)16-22-12-9-18(10-13-22)21(26)23-14-7-17(2)8-15-23/h17-19H,3-16H2,1-2H3. The monoisotopic (exact) mass is 363 g/mol. The summed E-state index contributed by atoms with van der Waals surface area (Å²) in [4.78, 5) is 32.0. The highest BCUT2D eigenvalue weighted by Crippen LogP contribution is 2.24. The summed E-state index contributed by atoms with van der Waals surface area (Å²) in [6.07, 6.45) is 8.74. The lowest BCUT2D eigenvalue weighted by Gasteiger charge is -2.39.